The molecule has 0 N–H and O–H groups in total. The molecule has 0 saturated carbocycles. The molecule has 2 fully saturated rings. The van der Waals surface area contributed by atoms with Gasteiger partial charge in [-0.15, -0.1) is 0 Å². The maximum absolute atomic E-state index is 14.0. The number of rotatable bonds is 4. The van der Waals surface area contributed by atoms with Gasteiger partial charge in [0.1, 0.15) is 11.6 Å². The first-order valence-electron chi connectivity index (χ1n) is 10.4. The van der Waals surface area contributed by atoms with Crippen LogP contribution in [0.5, 0.6) is 0 Å². The number of halogens is 2. The summed E-state index contributed by atoms with van der Waals surface area (Å²) in [7, 11) is 0. The number of likely N-dealkylation sites (tertiary alicyclic amines) is 2. The molecule has 2 aromatic rings. The molecule has 29 heavy (non-hydrogen) atoms. The van der Waals surface area contributed by atoms with Gasteiger partial charge >= 0.3 is 0 Å². The van der Waals surface area contributed by atoms with Gasteiger partial charge in [0.05, 0.1) is 11.3 Å². The van der Waals surface area contributed by atoms with Crippen molar-refractivity contribution in [2.45, 2.75) is 45.1 Å². The highest BCUT2D eigenvalue weighted by molar-refractivity contribution is 5.95. The highest BCUT2D eigenvalue weighted by Gasteiger charge is 2.29. The van der Waals surface area contributed by atoms with Crippen LogP contribution in [0.3, 0.4) is 0 Å². The summed E-state index contributed by atoms with van der Waals surface area (Å²) in [5, 5.41) is 0. The third-order valence-electron chi connectivity index (χ3n) is 6.11. The molecular formula is C23H27F2N3O. The Bertz CT molecular complexity index is 867. The van der Waals surface area contributed by atoms with Crippen LogP contribution in [0.2, 0.25) is 0 Å². The van der Waals surface area contributed by atoms with Crippen molar-refractivity contribution in [2.24, 2.45) is 0 Å². The second-order valence-corrected chi connectivity index (χ2v) is 8.14. The van der Waals surface area contributed by atoms with Gasteiger partial charge in [-0.05, 0) is 70.0 Å². The fraction of sp³-hybridized carbons (Fsp3) is 0.478. The minimum Gasteiger partial charge on any atom is -0.339 e. The number of carbonyl (C=O) groups is 1. The summed E-state index contributed by atoms with van der Waals surface area (Å²) in [6, 6.07) is 7.82. The quantitative estimate of drug-likeness (QED) is 0.770. The van der Waals surface area contributed by atoms with Crippen LogP contribution in [0.1, 0.15) is 58.9 Å². The molecule has 6 heteroatoms. The molecule has 3 heterocycles. The summed E-state index contributed by atoms with van der Waals surface area (Å²) >= 11 is 0. The van der Waals surface area contributed by atoms with Crippen LogP contribution in [0.25, 0.3) is 0 Å². The van der Waals surface area contributed by atoms with Crippen molar-refractivity contribution in [3.63, 3.8) is 0 Å². The van der Waals surface area contributed by atoms with Crippen LogP contribution in [-0.4, -0.2) is 46.9 Å². The minimum atomic E-state index is -0.494. The maximum Gasteiger partial charge on any atom is 0.255 e. The molecule has 4 nitrogen and oxygen atoms in total. The van der Waals surface area contributed by atoms with Crippen LogP contribution < -0.4 is 0 Å². The zero-order chi connectivity index (χ0) is 20.4. The van der Waals surface area contributed by atoms with E-state index in [0.717, 1.165) is 68.8 Å². The third-order valence-corrected chi connectivity index (χ3v) is 6.11. The van der Waals surface area contributed by atoms with E-state index >= 15 is 0 Å². The Labute approximate surface area is 170 Å². The van der Waals surface area contributed by atoms with Crippen molar-refractivity contribution < 1.29 is 13.6 Å². The number of pyridine rings is 1. The molecule has 0 atom stereocenters. The Kier molecular flexibility index (Phi) is 5.90. The third kappa shape index (κ3) is 4.32. The van der Waals surface area contributed by atoms with Crippen molar-refractivity contribution >= 4 is 5.91 Å². The molecule has 0 radical (unpaired) electrons. The highest BCUT2D eigenvalue weighted by Crippen LogP contribution is 2.31. The zero-order valence-electron chi connectivity index (χ0n) is 16.8. The topological polar surface area (TPSA) is 36.4 Å². The lowest BCUT2D eigenvalue weighted by atomic mass is 9.89. The van der Waals surface area contributed by atoms with E-state index in [1.54, 1.807) is 0 Å². The Morgan fingerprint density at radius 2 is 1.69 bits per heavy atom. The van der Waals surface area contributed by atoms with Crippen LogP contribution in [-0.2, 0) is 6.54 Å². The summed E-state index contributed by atoms with van der Waals surface area (Å²) in [5.74, 6) is -0.712. The van der Waals surface area contributed by atoms with Gasteiger partial charge in [0, 0.05) is 36.8 Å². The van der Waals surface area contributed by atoms with Gasteiger partial charge in [-0.1, -0.05) is 6.07 Å². The summed E-state index contributed by atoms with van der Waals surface area (Å²) in [5.41, 5.74) is 2.65. The fourth-order valence-corrected chi connectivity index (χ4v) is 4.43. The minimum absolute atomic E-state index is 0.0841. The number of nitrogens with zero attached hydrogens (tertiary/aromatic N) is 3. The summed E-state index contributed by atoms with van der Waals surface area (Å²) in [6.45, 7) is 5.31. The number of carbonyl (C=O) groups excluding carboxylic acids is 1. The first-order chi connectivity index (χ1) is 14.0. The number of benzene rings is 1. The molecule has 1 aromatic carbocycles. The molecule has 2 aliphatic heterocycles. The van der Waals surface area contributed by atoms with E-state index in [1.807, 2.05) is 24.0 Å². The summed E-state index contributed by atoms with van der Waals surface area (Å²) in [4.78, 5) is 21.7. The molecule has 0 unspecified atom stereocenters. The number of amides is 1. The predicted octanol–water partition coefficient (Wildman–Crippen LogP) is 4.28. The standard InChI is InChI=1S/C23H27F2N3O/c1-16-7-8-18(23(29)28-11-2-3-12-28)22(26-16)17-9-13-27(14-10-17)15-19-20(24)5-4-6-21(19)25/h4-8,17H,2-3,9-15H2,1H3. The largest absolute Gasteiger partial charge is 0.339 e. The lowest BCUT2D eigenvalue weighted by Gasteiger charge is -2.33. The average molecular weight is 399 g/mol. The first-order valence-corrected chi connectivity index (χ1v) is 10.4. The molecule has 1 aromatic heterocycles. The van der Waals surface area contributed by atoms with E-state index in [-0.39, 0.29) is 23.9 Å². The smallest absolute Gasteiger partial charge is 0.255 e. The molecule has 0 spiro atoms. The molecule has 1 amide bonds. The van der Waals surface area contributed by atoms with E-state index in [1.165, 1.54) is 18.2 Å². The Morgan fingerprint density at radius 3 is 2.34 bits per heavy atom. The van der Waals surface area contributed by atoms with Gasteiger partial charge in [0.15, 0.2) is 0 Å². The molecule has 0 aliphatic carbocycles. The van der Waals surface area contributed by atoms with E-state index in [2.05, 4.69) is 4.90 Å². The molecule has 2 saturated heterocycles. The zero-order valence-corrected chi connectivity index (χ0v) is 16.8. The van der Waals surface area contributed by atoms with Crippen molar-refractivity contribution in [3.8, 4) is 0 Å². The molecule has 154 valence electrons. The van der Waals surface area contributed by atoms with E-state index in [9.17, 15) is 13.6 Å². The number of hydrogen-bond acceptors (Lipinski definition) is 3. The van der Waals surface area contributed by atoms with E-state index < -0.39 is 11.6 Å². The lowest BCUT2D eigenvalue weighted by molar-refractivity contribution is 0.0789. The predicted molar refractivity (Wildman–Crippen MR) is 108 cm³/mol. The van der Waals surface area contributed by atoms with Crippen LogP contribution >= 0.6 is 0 Å². The Hall–Kier alpha value is -2.34. The lowest BCUT2D eigenvalue weighted by Crippen LogP contribution is -2.35. The second kappa shape index (κ2) is 8.57. The molecule has 2 aliphatic rings. The normalized spacial score (nSPS) is 18.4. The van der Waals surface area contributed by atoms with Crippen molar-refractivity contribution in [1.82, 2.24) is 14.8 Å². The van der Waals surface area contributed by atoms with Gasteiger partial charge in [0.25, 0.3) is 5.91 Å². The first kappa shape index (κ1) is 20.0. The number of piperidine rings is 1. The highest BCUT2D eigenvalue weighted by atomic mass is 19.1. The number of aromatic nitrogens is 1. The Balaban J connectivity index is 1.47. The summed E-state index contributed by atoms with van der Waals surface area (Å²) in [6.07, 6.45) is 3.77. The number of aryl methyl sites for hydroxylation is 1. The second-order valence-electron chi connectivity index (χ2n) is 8.14. The van der Waals surface area contributed by atoms with Gasteiger partial charge in [-0.25, -0.2) is 8.78 Å². The van der Waals surface area contributed by atoms with Crippen molar-refractivity contribution in [1.29, 1.82) is 0 Å². The van der Waals surface area contributed by atoms with Crippen LogP contribution in [0.15, 0.2) is 30.3 Å². The van der Waals surface area contributed by atoms with Crippen molar-refractivity contribution in [3.05, 3.63) is 64.5 Å². The summed E-state index contributed by atoms with van der Waals surface area (Å²) < 4.78 is 27.9. The maximum atomic E-state index is 14.0. The monoisotopic (exact) mass is 399 g/mol. The fourth-order valence-electron chi connectivity index (χ4n) is 4.43. The van der Waals surface area contributed by atoms with Gasteiger partial charge in [-0.3, -0.25) is 14.7 Å². The van der Waals surface area contributed by atoms with Crippen LogP contribution in [0.4, 0.5) is 8.78 Å². The molecule has 4 rings (SSSR count). The average Bonchev–Trinajstić information content (AvgIpc) is 3.26. The van der Waals surface area contributed by atoms with Gasteiger partial charge < -0.3 is 4.90 Å². The molecule has 0 bridgehead atoms. The van der Waals surface area contributed by atoms with E-state index in [0.29, 0.717) is 0 Å². The van der Waals surface area contributed by atoms with Crippen LogP contribution in [0, 0.1) is 18.6 Å². The SMILES string of the molecule is Cc1ccc(C(=O)N2CCCC2)c(C2CCN(Cc3c(F)cccc3F)CC2)n1. The van der Waals surface area contributed by atoms with E-state index in [4.69, 9.17) is 4.98 Å². The van der Waals surface area contributed by atoms with Gasteiger partial charge in [-0.2, -0.15) is 0 Å². The number of hydrogen-bond donors (Lipinski definition) is 0. The van der Waals surface area contributed by atoms with Crippen molar-refractivity contribution in [2.75, 3.05) is 26.2 Å². The van der Waals surface area contributed by atoms with Gasteiger partial charge in [0.2, 0.25) is 0 Å². The molecular weight excluding hydrogens is 372 g/mol. The Morgan fingerprint density at radius 1 is 1.03 bits per heavy atom.